The third-order valence-electron chi connectivity index (χ3n) is 1.55. The molecule has 1 unspecified atom stereocenters. The molecule has 0 aromatic rings. The minimum atomic E-state index is -0.156. The number of ketones is 1. The molecule has 0 fully saturated rings. The molecular weight excluding hydrogens is 130 g/mol. The summed E-state index contributed by atoms with van der Waals surface area (Å²) in [7, 11) is 0. The first-order chi connectivity index (χ1) is 4.63. The summed E-state index contributed by atoms with van der Waals surface area (Å²) in [6.07, 6.45) is 0.818. The van der Waals surface area contributed by atoms with Crippen molar-refractivity contribution in [3.05, 3.63) is 0 Å². The van der Waals surface area contributed by atoms with Crippen molar-refractivity contribution in [1.82, 2.24) is 0 Å². The van der Waals surface area contributed by atoms with E-state index in [2.05, 4.69) is 5.16 Å². The molecular formula is C7H13NO2. The van der Waals surface area contributed by atoms with E-state index in [1.807, 2.05) is 13.8 Å². The second-order valence-electron chi connectivity index (χ2n) is 2.35. The Kier molecular flexibility index (Phi) is 3.69. The van der Waals surface area contributed by atoms with Crippen molar-refractivity contribution in [2.24, 2.45) is 11.1 Å². The summed E-state index contributed by atoms with van der Waals surface area (Å²) >= 11 is 0. The summed E-state index contributed by atoms with van der Waals surface area (Å²) in [4.78, 5) is 10.7. The minimum absolute atomic E-state index is 0.0579. The second-order valence-corrected chi connectivity index (χ2v) is 2.35. The van der Waals surface area contributed by atoms with E-state index >= 15 is 0 Å². The SMILES string of the molecule is CCC(C)/C(=N\O)C(C)=O. The number of hydrogen-bond acceptors (Lipinski definition) is 3. The molecule has 0 saturated carbocycles. The standard InChI is InChI=1S/C7H13NO2/c1-4-5(2)7(8-10)6(3)9/h5,10H,4H2,1-3H3/b8-7+. The van der Waals surface area contributed by atoms with E-state index in [9.17, 15) is 4.79 Å². The molecule has 10 heavy (non-hydrogen) atoms. The fraction of sp³-hybridized carbons (Fsp3) is 0.714. The van der Waals surface area contributed by atoms with Gasteiger partial charge in [0.2, 0.25) is 0 Å². The molecule has 0 radical (unpaired) electrons. The molecule has 1 atom stereocenters. The topological polar surface area (TPSA) is 49.7 Å². The zero-order valence-electron chi connectivity index (χ0n) is 6.59. The van der Waals surface area contributed by atoms with Crippen LogP contribution in [0.5, 0.6) is 0 Å². The molecule has 0 saturated heterocycles. The maximum Gasteiger partial charge on any atom is 0.177 e. The first-order valence-electron chi connectivity index (χ1n) is 3.36. The van der Waals surface area contributed by atoms with E-state index in [4.69, 9.17) is 5.21 Å². The molecule has 0 heterocycles. The van der Waals surface area contributed by atoms with Crippen LogP contribution in [-0.4, -0.2) is 16.7 Å². The van der Waals surface area contributed by atoms with Crippen LogP contribution in [0.1, 0.15) is 27.2 Å². The quantitative estimate of drug-likeness (QED) is 0.369. The van der Waals surface area contributed by atoms with Crippen LogP contribution in [-0.2, 0) is 4.79 Å². The number of carbonyl (C=O) groups is 1. The molecule has 0 aliphatic carbocycles. The third-order valence-corrected chi connectivity index (χ3v) is 1.55. The molecule has 3 heteroatoms. The van der Waals surface area contributed by atoms with Crippen molar-refractivity contribution in [2.45, 2.75) is 27.2 Å². The average Bonchev–Trinajstić information content (AvgIpc) is 1.88. The predicted molar refractivity (Wildman–Crippen MR) is 39.4 cm³/mol. The van der Waals surface area contributed by atoms with Crippen molar-refractivity contribution in [3.8, 4) is 0 Å². The Morgan fingerprint density at radius 3 is 2.30 bits per heavy atom. The highest BCUT2D eigenvalue weighted by Gasteiger charge is 2.13. The van der Waals surface area contributed by atoms with Crippen LogP contribution >= 0.6 is 0 Å². The molecule has 0 spiro atoms. The maximum absolute atomic E-state index is 10.7. The van der Waals surface area contributed by atoms with E-state index in [-0.39, 0.29) is 17.4 Å². The Balaban J connectivity index is 4.23. The van der Waals surface area contributed by atoms with Crippen LogP contribution < -0.4 is 0 Å². The monoisotopic (exact) mass is 143 g/mol. The van der Waals surface area contributed by atoms with Crippen molar-refractivity contribution in [2.75, 3.05) is 0 Å². The number of rotatable bonds is 3. The Labute approximate surface area is 60.7 Å². The van der Waals surface area contributed by atoms with Gasteiger partial charge in [0.15, 0.2) is 5.78 Å². The summed E-state index contributed by atoms with van der Waals surface area (Å²) in [6, 6.07) is 0. The van der Waals surface area contributed by atoms with Gasteiger partial charge < -0.3 is 5.21 Å². The van der Waals surface area contributed by atoms with Crippen molar-refractivity contribution < 1.29 is 10.0 Å². The van der Waals surface area contributed by atoms with Gasteiger partial charge in [-0.15, -0.1) is 0 Å². The first kappa shape index (κ1) is 9.14. The lowest BCUT2D eigenvalue weighted by atomic mass is 10.0. The highest BCUT2D eigenvalue weighted by atomic mass is 16.4. The zero-order chi connectivity index (χ0) is 8.15. The molecule has 0 aliphatic heterocycles. The number of hydrogen-bond donors (Lipinski definition) is 1. The van der Waals surface area contributed by atoms with Gasteiger partial charge in [0.1, 0.15) is 5.71 Å². The third kappa shape index (κ3) is 2.17. The normalized spacial score (nSPS) is 14.9. The number of oxime groups is 1. The van der Waals surface area contributed by atoms with Crippen LogP contribution in [0.15, 0.2) is 5.16 Å². The number of carbonyl (C=O) groups excluding carboxylic acids is 1. The molecule has 3 nitrogen and oxygen atoms in total. The predicted octanol–water partition coefficient (Wildman–Crippen LogP) is 1.45. The van der Waals surface area contributed by atoms with E-state index in [1.165, 1.54) is 6.92 Å². The minimum Gasteiger partial charge on any atom is -0.411 e. The van der Waals surface area contributed by atoms with Gasteiger partial charge in [0.05, 0.1) is 0 Å². The van der Waals surface area contributed by atoms with Gasteiger partial charge in [-0.3, -0.25) is 4.79 Å². The van der Waals surface area contributed by atoms with Gasteiger partial charge in [-0.1, -0.05) is 19.0 Å². The largest absolute Gasteiger partial charge is 0.411 e. The van der Waals surface area contributed by atoms with Crippen LogP contribution in [0.25, 0.3) is 0 Å². The van der Waals surface area contributed by atoms with Crippen molar-refractivity contribution in [1.29, 1.82) is 0 Å². The summed E-state index contributed by atoms with van der Waals surface area (Å²) in [5.41, 5.74) is 0.266. The lowest BCUT2D eigenvalue weighted by Gasteiger charge is -2.05. The lowest BCUT2D eigenvalue weighted by Crippen LogP contribution is -2.18. The van der Waals surface area contributed by atoms with Crippen LogP contribution in [0.3, 0.4) is 0 Å². The Bertz CT molecular complexity index is 152. The Morgan fingerprint density at radius 1 is 1.70 bits per heavy atom. The summed E-state index contributed by atoms with van der Waals surface area (Å²) < 4.78 is 0. The molecule has 0 aliphatic rings. The maximum atomic E-state index is 10.7. The van der Waals surface area contributed by atoms with Gasteiger partial charge in [-0.2, -0.15) is 0 Å². The van der Waals surface area contributed by atoms with E-state index < -0.39 is 0 Å². The summed E-state index contributed by atoms with van der Waals surface area (Å²) in [6.45, 7) is 5.20. The van der Waals surface area contributed by atoms with E-state index in [1.54, 1.807) is 0 Å². The van der Waals surface area contributed by atoms with Gasteiger partial charge in [-0.05, 0) is 6.42 Å². The second kappa shape index (κ2) is 4.04. The first-order valence-corrected chi connectivity index (χ1v) is 3.36. The zero-order valence-corrected chi connectivity index (χ0v) is 6.59. The Morgan fingerprint density at radius 2 is 2.20 bits per heavy atom. The van der Waals surface area contributed by atoms with Gasteiger partial charge in [0, 0.05) is 12.8 Å². The Hall–Kier alpha value is -0.860. The van der Waals surface area contributed by atoms with Gasteiger partial charge >= 0.3 is 0 Å². The molecule has 0 aromatic carbocycles. The average molecular weight is 143 g/mol. The number of Topliss-reactive ketones (excluding diaryl/α,β-unsaturated/α-hetero) is 1. The fourth-order valence-corrected chi connectivity index (χ4v) is 0.709. The molecule has 58 valence electrons. The van der Waals surface area contributed by atoms with E-state index in [0.717, 1.165) is 6.42 Å². The van der Waals surface area contributed by atoms with E-state index in [0.29, 0.717) is 0 Å². The van der Waals surface area contributed by atoms with Crippen LogP contribution in [0.2, 0.25) is 0 Å². The van der Waals surface area contributed by atoms with Gasteiger partial charge in [-0.25, -0.2) is 0 Å². The molecule has 0 aromatic heterocycles. The molecule has 1 N–H and O–H groups in total. The van der Waals surface area contributed by atoms with Crippen LogP contribution in [0.4, 0.5) is 0 Å². The van der Waals surface area contributed by atoms with Crippen molar-refractivity contribution >= 4 is 11.5 Å². The summed E-state index contributed by atoms with van der Waals surface area (Å²) in [5, 5.41) is 11.3. The molecule has 0 bridgehead atoms. The lowest BCUT2D eigenvalue weighted by molar-refractivity contribution is -0.111. The summed E-state index contributed by atoms with van der Waals surface area (Å²) in [5.74, 6) is -0.0978. The highest BCUT2D eigenvalue weighted by molar-refractivity contribution is 6.39. The molecule has 0 rings (SSSR count). The van der Waals surface area contributed by atoms with Gasteiger partial charge in [0.25, 0.3) is 0 Å². The van der Waals surface area contributed by atoms with Crippen molar-refractivity contribution in [3.63, 3.8) is 0 Å². The molecule has 0 amide bonds. The van der Waals surface area contributed by atoms with Crippen LogP contribution in [0, 0.1) is 5.92 Å². The number of nitrogens with zero attached hydrogens (tertiary/aromatic N) is 1. The smallest absolute Gasteiger partial charge is 0.177 e. The fourth-order valence-electron chi connectivity index (χ4n) is 0.709. The highest BCUT2D eigenvalue weighted by Crippen LogP contribution is 2.04.